The van der Waals surface area contributed by atoms with Gasteiger partial charge in [0.05, 0.1) is 15.4 Å². The van der Waals surface area contributed by atoms with Crippen molar-refractivity contribution in [3.8, 4) is 0 Å². The molecule has 0 bridgehead atoms. The fourth-order valence-electron chi connectivity index (χ4n) is 1.10. The number of halogens is 4. The Labute approximate surface area is 106 Å². The first-order chi connectivity index (χ1) is 6.61. The molecule has 0 saturated carbocycles. The van der Waals surface area contributed by atoms with Gasteiger partial charge in [-0.3, -0.25) is 0 Å². The van der Waals surface area contributed by atoms with Gasteiger partial charge in [-0.2, -0.15) is 0 Å². The molecule has 0 unspecified atom stereocenters. The van der Waals surface area contributed by atoms with Gasteiger partial charge in [0.25, 0.3) is 0 Å². The summed E-state index contributed by atoms with van der Waals surface area (Å²) in [6, 6.07) is 1.40. The predicted molar refractivity (Wildman–Crippen MR) is 64.9 cm³/mol. The molecule has 2 aromatic rings. The van der Waals surface area contributed by atoms with Crippen LogP contribution in [0.3, 0.4) is 0 Å². The van der Waals surface area contributed by atoms with Gasteiger partial charge >= 0.3 is 0 Å². The molecule has 0 atom stereocenters. The van der Waals surface area contributed by atoms with Crippen LogP contribution in [0.25, 0.3) is 10.9 Å². The first-order valence-corrected chi connectivity index (χ1v) is 5.80. The minimum absolute atomic E-state index is 0.249. The van der Waals surface area contributed by atoms with Gasteiger partial charge in [-0.15, -0.1) is 0 Å². The Morgan fingerprint density at radius 1 is 1.43 bits per heavy atom. The zero-order valence-corrected chi connectivity index (χ0v) is 11.1. The summed E-state index contributed by atoms with van der Waals surface area (Å²) in [5, 5.41) is 0.762. The molecular weight excluding hydrogens is 385 g/mol. The Morgan fingerprint density at radius 2 is 2.14 bits per heavy atom. The van der Waals surface area contributed by atoms with Crippen molar-refractivity contribution in [3.63, 3.8) is 0 Å². The number of fused-ring (bicyclic) bond motifs is 1. The minimum Gasteiger partial charge on any atom is -0.235 e. The highest BCUT2D eigenvalue weighted by atomic mass is 127. The second kappa shape index (κ2) is 3.86. The van der Waals surface area contributed by atoms with Crippen LogP contribution >= 0.6 is 50.1 Å². The zero-order valence-electron chi connectivity index (χ0n) is 6.56. The molecular formula is C8H2BrClFIN2. The van der Waals surface area contributed by atoms with Crippen LogP contribution in [-0.4, -0.2) is 9.97 Å². The summed E-state index contributed by atoms with van der Waals surface area (Å²) in [5.41, 5.74) is 0.652. The van der Waals surface area contributed by atoms with Gasteiger partial charge in [-0.1, -0.05) is 11.6 Å². The van der Waals surface area contributed by atoms with Crippen molar-refractivity contribution in [2.45, 2.75) is 0 Å². The Balaban J connectivity index is 3.03. The fourth-order valence-corrected chi connectivity index (χ4v) is 2.62. The molecule has 14 heavy (non-hydrogen) atoms. The topological polar surface area (TPSA) is 25.8 Å². The second-order valence-corrected chi connectivity index (χ2v) is 4.86. The maximum Gasteiger partial charge on any atom is 0.141 e. The number of nitrogens with zero attached hydrogens (tertiary/aromatic N) is 2. The quantitative estimate of drug-likeness (QED) is 0.391. The smallest absolute Gasteiger partial charge is 0.141 e. The average Bonchev–Trinajstić information content (AvgIpc) is 2.14. The Kier molecular flexibility index (Phi) is 2.90. The first kappa shape index (κ1) is 10.5. The van der Waals surface area contributed by atoms with E-state index in [-0.39, 0.29) is 11.0 Å². The van der Waals surface area contributed by atoms with Crippen molar-refractivity contribution in [1.29, 1.82) is 0 Å². The highest BCUT2D eigenvalue weighted by Crippen LogP contribution is 2.32. The maximum absolute atomic E-state index is 13.3. The molecule has 1 aromatic heterocycles. The molecule has 72 valence electrons. The summed E-state index contributed by atoms with van der Waals surface area (Å²) >= 11 is 11.0. The molecule has 0 aliphatic heterocycles. The van der Waals surface area contributed by atoms with E-state index >= 15 is 0 Å². The van der Waals surface area contributed by atoms with E-state index < -0.39 is 0 Å². The normalized spacial score (nSPS) is 10.9. The molecule has 0 fully saturated rings. The fraction of sp³-hybridized carbons (Fsp3) is 0. The van der Waals surface area contributed by atoms with E-state index in [2.05, 4.69) is 25.9 Å². The molecule has 1 aromatic carbocycles. The highest BCUT2D eigenvalue weighted by Gasteiger charge is 2.13. The van der Waals surface area contributed by atoms with E-state index in [1.54, 1.807) is 0 Å². The van der Waals surface area contributed by atoms with Crippen LogP contribution in [0.4, 0.5) is 4.39 Å². The molecule has 6 heteroatoms. The second-order valence-electron chi connectivity index (χ2n) is 2.54. The third kappa shape index (κ3) is 1.61. The number of hydrogen-bond acceptors (Lipinski definition) is 2. The Bertz CT molecular complexity index is 520. The van der Waals surface area contributed by atoms with Crippen molar-refractivity contribution >= 4 is 61.0 Å². The van der Waals surface area contributed by atoms with E-state index in [0.717, 1.165) is 0 Å². The lowest BCUT2D eigenvalue weighted by molar-refractivity contribution is 0.622. The molecule has 2 nitrogen and oxygen atoms in total. The molecule has 2 rings (SSSR count). The van der Waals surface area contributed by atoms with E-state index in [0.29, 0.717) is 18.9 Å². The van der Waals surface area contributed by atoms with Crippen LogP contribution in [0.1, 0.15) is 0 Å². The largest absolute Gasteiger partial charge is 0.235 e. The van der Waals surface area contributed by atoms with Gasteiger partial charge in [0.1, 0.15) is 17.3 Å². The van der Waals surface area contributed by atoms with Gasteiger partial charge in [0.2, 0.25) is 0 Å². The van der Waals surface area contributed by atoms with Crippen molar-refractivity contribution in [3.05, 3.63) is 31.4 Å². The van der Waals surface area contributed by atoms with Crippen molar-refractivity contribution in [2.75, 3.05) is 0 Å². The maximum atomic E-state index is 13.3. The molecule has 0 saturated heterocycles. The summed E-state index contributed by atoms with van der Waals surface area (Å²) < 4.78 is 14.3. The number of benzene rings is 1. The molecule has 0 amide bonds. The summed E-state index contributed by atoms with van der Waals surface area (Å²) in [7, 11) is 0. The lowest BCUT2D eigenvalue weighted by Gasteiger charge is -2.04. The summed E-state index contributed by atoms with van der Waals surface area (Å²) in [4.78, 5) is 7.85. The van der Waals surface area contributed by atoms with Gasteiger partial charge in [0.15, 0.2) is 0 Å². The van der Waals surface area contributed by atoms with E-state index in [9.17, 15) is 4.39 Å². The highest BCUT2D eigenvalue weighted by molar-refractivity contribution is 14.1. The number of rotatable bonds is 0. The van der Waals surface area contributed by atoms with Crippen LogP contribution in [0, 0.1) is 9.39 Å². The van der Waals surface area contributed by atoms with Crippen LogP contribution in [0.5, 0.6) is 0 Å². The van der Waals surface area contributed by atoms with Gasteiger partial charge in [0, 0.05) is 3.57 Å². The number of hydrogen-bond donors (Lipinski definition) is 0. The third-order valence-corrected chi connectivity index (χ3v) is 3.59. The minimum atomic E-state index is -0.362. The molecule has 0 aliphatic carbocycles. The monoisotopic (exact) mass is 386 g/mol. The summed E-state index contributed by atoms with van der Waals surface area (Å²) in [5.74, 6) is -0.362. The van der Waals surface area contributed by atoms with E-state index in [1.807, 2.05) is 22.6 Å². The van der Waals surface area contributed by atoms with Crippen LogP contribution in [0.15, 0.2) is 16.9 Å². The zero-order chi connectivity index (χ0) is 10.3. The van der Waals surface area contributed by atoms with Gasteiger partial charge in [-0.05, 0) is 44.6 Å². The summed E-state index contributed by atoms with van der Waals surface area (Å²) in [6.07, 6.45) is 1.36. The number of aromatic nitrogens is 2. The van der Waals surface area contributed by atoms with Gasteiger partial charge in [-0.25, -0.2) is 14.4 Å². The Morgan fingerprint density at radius 3 is 2.86 bits per heavy atom. The lowest BCUT2D eigenvalue weighted by atomic mass is 10.2. The van der Waals surface area contributed by atoms with E-state index in [1.165, 1.54) is 12.4 Å². The lowest BCUT2D eigenvalue weighted by Crippen LogP contribution is -1.91. The van der Waals surface area contributed by atoms with Crippen LogP contribution in [0.2, 0.25) is 5.15 Å². The average molecular weight is 387 g/mol. The van der Waals surface area contributed by atoms with Crippen molar-refractivity contribution < 1.29 is 4.39 Å². The van der Waals surface area contributed by atoms with Gasteiger partial charge < -0.3 is 0 Å². The molecule has 0 N–H and O–H groups in total. The van der Waals surface area contributed by atoms with Crippen LogP contribution < -0.4 is 0 Å². The van der Waals surface area contributed by atoms with Crippen molar-refractivity contribution in [1.82, 2.24) is 9.97 Å². The molecule has 0 spiro atoms. The summed E-state index contributed by atoms with van der Waals surface area (Å²) in [6.45, 7) is 0. The van der Waals surface area contributed by atoms with Crippen LogP contribution in [-0.2, 0) is 0 Å². The standard InChI is InChI=1S/C8H2BrClFIN2/c9-6-3(11)1-4(12)7-5(6)8(10)14-2-13-7/h1-2H. The first-order valence-electron chi connectivity index (χ1n) is 3.55. The molecule has 0 radical (unpaired) electrons. The predicted octanol–water partition coefficient (Wildman–Crippen LogP) is 3.79. The Hall–Kier alpha value is -0.0100. The SMILES string of the molecule is Fc1cc(I)c2ncnc(Cl)c2c1Br. The third-order valence-electron chi connectivity index (χ3n) is 1.71. The van der Waals surface area contributed by atoms with E-state index in [4.69, 9.17) is 11.6 Å². The molecule has 1 heterocycles. The molecule has 0 aliphatic rings. The van der Waals surface area contributed by atoms with Crippen molar-refractivity contribution in [2.24, 2.45) is 0 Å².